The summed E-state index contributed by atoms with van der Waals surface area (Å²) in [5, 5.41) is 6.09. The Bertz CT molecular complexity index is 1000. The van der Waals surface area contributed by atoms with Gasteiger partial charge in [0.25, 0.3) is 0 Å². The van der Waals surface area contributed by atoms with Gasteiger partial charge < -0.3 is 20.4 Å². The maximum absolute atomic E-state index is 12.2. The molecule has 0 unspecified atom stereocenters. The van der Waals surface area contributed by atoms with Crippen LogP contribution in [0.2, 0.25) is 5.02 Å². The van der Waals surface area contributed by atoms with Gasteiger partial charge in [-0.15, -0.1) is 0 Å². The minimum Gasteiger partial charge on any atom is -0.368 e. The molecule has 0 atom stereocenters. The molecule has 3 aromatic rings. The quantitative estimate of drug-likeness (QED) is 0.651. The maximum atomic E-state index is 12.2. The third-order valence-electron chi connectivity index (χ3n) is 5.01. The number of rotatable bonds is 4. The average molecular weight is 423 g/mol. The smallest absolute Gasteiger partial charge is 0.323 e. The Balaban J connectivity index is 1.31. The third kappa shape index (κ3) is 4.80. The Kier molecular flexibility index (Phi) is 5.99. The molecule has 2 amide bonds. The number of piperazine rings is 1. The summed E-state index contributed by atoms with van der Waals surface area (Å²) in [6, 6.07) is 15.4. The fourth-order valence-electron chi connectivity index (χ4n) is 3.32. The van der Waals surface area contributed by atoms with Crippen LogP contribution in [0.3, 0.4) is 0 Å². The molecule has 1 saturated heterocycles. The molecule has 1 fully saturated rings. The topological polar surface area (TPSA) is 73.4 Å². The molecule has 1 aliphatic heterocycles. The van der Waals surface area contributed by atoms with Crippen molar-refractivity contribution in [2.24, 2.45) is 0 Å². The number of carbonyl (C=O) groups excluding carboxylic acids is 1. The van der Waals surface area contributed by atoms with Gasteiger partial charge in [0.2, 0.25) is 5.95 Å². The first-order valence-electron chi connectivity index (χ1n) is 9.79. The van der Waals surface area contributed by atoms with Crippen molar-refractivity contribution in [2.75, 3.05) is 46.6 Å². The van der Waals surface area contributed by atoms with Crippen LogP contribution < -0.4 is 20.4 Å². The van der Waals surface area contributed by atoms with Gasteiger partial charge in [-0.25, -0.2) is 14.8 Å². The normalized spacial score (nSPS) is 13.8. The zero-order valence-corrected chi connectivity index (χ0v) is 17.4. The number of hydrogen-bond donors (Lipinski definition) is 2. The predicted octanol–water partition coefficient (Wildman–Crippen LogP) is 4.41. The van der Waals surface area contributed by atoms with Crippen LogP contribution >= 0.6 is 11.6 Å². The largest absolute Gasteiger partial charge is 0.368 e. The minimum absolute atomic E-state index is 0.372. The van der Waals surface area contributed by atoms with Crippen molar-refractivity contribution in [3.05, 3.63) is 71.5 Å². The maximum Gasteiger partial charge on any atom is 0.323 e. The Hall–Kier alpha value is -3.32. The molecule has 30 heavy (non-hydrogen) atoms. The zero-order chi connectivity index (χ0) is 20.9. The molecular formula is C22H23ClN6O. The number of halogens is 1. The first kappa shape index (κ1) is 20.0. The molecule has 2 heterocycles. The minimum atomic E-state index is -0.372. The number of para-hydroxylation sites is 1. The summed E-state index contributed by atoms with van der Waals surface area (Å²) >= 11 is 6.09. The van der Waals surface area contributed by atoms with E-state index < -0.39 is 0 Å². The van der Waals surface area contributed by atoms with Crippen LogP contribution in [0.4, 0.5) is 27.8 Å². The van der Waals surface area contributed by atoms with E-state index in [1.165, 1.54) is 5.69 Å². The molecule has 2 aromatic carbocycles. The summed E-state index contributed by atoms with van der Waals surface area (Å²) in [4.78, 5) is 25.5. The molecule has 2 N–H and O–H groups in total. The molecule has 1 aliphatic rings. The first-order chi connectivity index (χ1) is 14.6. The lowest BCUT2D eigenvalue weighted by atomic mass is 10.2. The van der Waals surface area contributed by atoms with Crippen LogP contribution in [0.15, 0.2) is 60.9 Å². The van der Waals surface area contributed by atoms with Gasteiger partial charge in [-0.2, -0.15) is 0 Å². The zero-order valence-electron chi connectivity index (χ0n) is 16.7. The number of carbonyl (C=O) groups is 1. The van der Waals surface area contributed by atoms with E-state index >= 15 is 0 Å². The van der Waals surface area contributed by atoms with E-state index in [0.29, 0.717) is 22.3 Å². The highest BCUT2D eigenvalue weighted by atomic mass is 35.5. The monoisotopic (exact) mass is 422 g/mol. The highest BCUT2D eigenvalue weighted by Gasteiger charge is 2.19. The lowest BCUT2D eigenvalue weighted by Crippen LogP contribution is -2.47. The second-order valence-electron chi connectivity index (χ2n) is 7.12. The van der Waals surface area contributed by atoms with Gasteiger partial charge in [0.1, 0.15) is 0 Å². The van der Waals surface area contributed by atoms with Gasteiger partial charge in [-0.1, -0.05) is 35.9 Å². The van der Waals surface area contributed by atoms with Gasteiger partial charge >= 0.3 is 6.03 Å². The van der Waals surface area contributed by atoms with Crippen LogP contribution in [-0.4, -0.2) is 42.2 Å². The summed E-state index contributed by atoms with van der Waals surface area (Å²) < 4.78 is 0. The molecule has 0 radical (unpaired) electrons. The molecule has 0 aliphatic carbocycles. The van der Waals surface area contributed by atoms with Gasteiger partial charge in [0.05, 0.1) is 18.1 Å². The second kappa shape index (κ2) is 9.00. The summed E-state index contributed by atoms with van der Waals surface area (Å²) in [6.07, 6.45) is 3.24. The van der Waals surface area contributed by atoms with E-state index in [-0.39, 0.29) is 6.03 Å². The number of urea groups is 1. The van der Waals surface area contributed by atoms with Crippen molar-refractivity contribution in [3.8, 4) is 0 Å². The number of benzene rings is 2. The van der Waals surface area contributed by atoms with Crippen LogP contribution in [0.1, 0.15) is 5.56 Å². The van der Waals surface area contributed by atoms with E-state index in [0.717, 1.165) is 31.7 Å². The predicted molar refractivity (Wildman–Crippen MR) is 122 cm³/mol. The summed E-state index contributed by atoms with van der Waals surface area (Å²) in [6.45, 7) is 5.42. The van der Waals surface area contributed by atoms with E-state index in [1.54, 1.807) is 24.5 Å². The molecule has 0 saturated carbocycles. The van der Waals surface area contributed by atoms with Crippen LogP contribution in [0.25, 0.3) is 0 Å². The van der Waals surface area contributed by atoms with Crippen molar-refractivity contribution in [1.29, 1.82) is 0 Å². The van der Waals surface area contributed by atoms with E-state index in [2.05, 4.69) is 54.7 Å². The standard InChI is InChI=1S/C22H23ClN6O/c1-16-7-8-17(13-20(16)23)26-22(30)27-18-14-24-21(25-15-18)29-11-9-28(10-12-29)19-5-3-2-4-6-19/h2-8,13-15H,9-12H2,1H3,(H2,26,27,30). The fraction of sp³-hybridized carbons (Fsp3) is 0.227. The summed E-state index contributed by atoms with van der Waals surface area (Å²) in [5.74, 6) is 0.666. The molecule has 7 nitrogen and oxygen atoms in total. The SMILES string of the molecule is Cc1ccc(NC(=O)Nc2cnc(N3CCN(c4ccccc4)CC3)nc2)cc1Cl. The summed E-state index contributed by atoms with van der Waals surface area (Å²) in [5.41, 5.74) is 3.34. The molecule has 1 aromatic heterocycles. The number of nitrogens with one attached hydrogen (secondary N) is 2. The average Bonchev–Trinajstić information content (AvgIpc) is 2.77. The Morgan fingerprint density at radius 3 is 2.20 bits per heavy atom. The number of anilines is 4. The van der Waals surface area contributed by atoms with Gasteiger partial charge in [-0.05, 0) is 36.8 Å². The number of aromatic nitrogens is 2. The molecule has 0 bridgehead atoms. The third-order valence-corrected chi connectivity index (χ3v) is 5.42. The van der Waals surface area contributed by atoms with Crippen molar-refractivity contribution < 1.29 is 4.79 Å². The Labute approximate surface area is 180 Å². The van der Waals surface area contributed by atoms with Gasteiger partial charge in [0, 0.05) is 42.6 Å². The number of amides is 2. The molecular weight excluding hydrogens is 400 g/mol. The summed E-state index contributed by atoms with van der Waals surface area (Å²) in [7, 11) is 0. The Morgan fingerprint density at radius 1 is 0.900 bits per heavy atom. The van der Waals surface area contributed by atoms with Gasteiger partial charge in [-0.3, -0.25) is 0 Å². The number of aryl methyl sites for hydroxylation is 1. The number of hydrogen-bond acceptors (Lipinski definition) is 5. The highest BCUT2D eigenvalue weighted by Crippen LogP contribution is 2.21. The molecule has 0 spiro atoms. The highest BCUT2D eigenvalue weighted by molar-refractivity contribution is 6.31. The van der Waals surface area contributed by atoms with Gasteiger partial charge in [0.15, 0.2) is 0 Å². The van der Waals surface area contributed by atoms with Crippen LogP contribution in [-0.2, 0) is 0 Å². The molecule has 4 rings (SSSR count). The van der Waals surface area contributed by atoms with E-state index in [9.17, 15) is 4.79 Å². The van der Waals surface area contributed by atoms with E-state index in [1.807, 2.05) is 19.1 Å². The van der Waals surface area contributed by atoms with Crippen LogP contribution in [0, 0.1) is 6.92 Å². The van der Waals surface area contributed by atoms with Crippen molar-refractivity contribution in [1.82, 2.24) is 9.97 Å². The second-order valence-corrected chi connectivity index (χ2v) is 7.53. The van der Waals surface area contributed by atoms with Crippen LogP contribution in [0.5, 0.6) is 0 Å². The van der Waals surface area contributed by atoms with Crippen molar-refractivity contribution in [2.45, 2.75) is 6.92 Å². The van der Waals surface area contributed by atoms with Crippen molar-refractivity contribution in [3.63, 3.8) is 0 Å². The first-order valence-corrected chi connectivity index (χ1v) is 10.2. The molecule has 8 heteroatoms. The lowest BCUT2D eigenvalue weighted by molar-refractivity contribution is 0.262. The Morgan fingerprint density at radius 2 is 1.53 bits per heavy atom. The van der Waals surface area contributed by atoms with E-state index in [4.69, 9.17) is 11.6 Å². The van der Waals surface area contributed by atoms with Crippen molar-refractivity contribution >= 4 is 40.6 Å². The molecule has 154 valence electrons. The fourth-order valence-corrected chi connectivity index (χ4v) is 3.50. The lowest BCUT2D eigenvalue weighted by Gasteiger charge is -2.36. The number of nitrogens with zero attached hydrogens (tertiary/aromatic N) is 4.